The molecule has 1 N–H and O–H groups in total. The molecule has 27 heavy (non-hydrogen) atoms. The van der Waals surface area contributed by atoms with E-state index in [2.05, 4.69) is 24.1 Å². The predicted octanol–water partition coefficient (Wildman–Crippen LogP) is 3.87. The monoisotopic (exact) mass is 366 g/mol. The molecule has 0 saturated carbocycles. The summed E-state index contributed by atoms with van der Waals surface area (Å²) in [6, 6.07) is 17.1. The largest absolute Gasteiger partial charge is 0.355 e. The molecule has 2 rings (SSSR count). The first kappa shape index (κ1) is 20.8. The number of ketones is 1. The zero-order valence-electron chi connectivity index (χ0n) is 16.6. The van der Waals surface area contributed by atoms with Crippen molar-refractivity contribution in [3.05, 3.63) is 71.3 Å². The van der Waals surface area contributed by atoms with Crippen LogP contribution in [0.5, 0.6) is 0 Å². The molecular weight excluding hydrogens is 336 g/mol. The highest BCUT2D eigenvalue weighted by Gasteiger charge is 2.18. The van der Waals surface area contributed by atoms with Crippen LogP contribution in [0.3, 0.4) is 0 Å². The molecule has 0 spiro atoms. The summed E-state index contributed by atoms with van der Waals surface area (Å²) >= 11 is 0. The molecule has 0 unspecified atom stereocenters. The van der Waals surface area contributed by atoms with Crippen LogP contribution >= 0.6 is 0 Å². The van der Waals surface area contributed by atoms with E-state index >= 15 is 0 Å². The number of carbonyl (C=O) groups excluding carboxylic acids is 2. The smallest absolute Gasteiger partial charge is 0.219 e. The van der Waals surface area contributed by atoms with Crippen LogP contribution in [-0.4, -0.2) is 42.8 Å². The molecule has 0 aliphatic carbocycles. The number of likely N-dealkylation sites (N-methyl/N-ethyl adjacent to an activating group) is 1. The summed E-state index contributed by atoms with van der Waals surface area (Å²) < 4.78 is 0. The summed E-state index contributed by atoms with van der Waals surface area (Å²) in [7, 11) is 0. The van der Waals surface area contributed by atoms with Crippen molar-refractivity contribution < 1.29 is 9.59 Å². The average Bonchev–Trinajstić information content (AvgIpc) is 2.73. The van der Waals surface area contributed by atoms with Gasteiger partial charge in [-0.25, -0.2) is 0 Å². The first-order valence-corrected chi connectivity index (χ1v) is 9.77. The topological polar surface area (TPSA) is 49.4 Å². The fourth-order valence-electron chi connectivity index (χ4n) is 3.13. The Bertz CT molecular complexity index is 739. The Morgan fingerprint density at radius 1 is 0.926 bits per heavy atom. The van der Waals surface area contributed by atoms with Gasteiger partial charge in [-0.1, -0.05) is 69.3 Å². The van der Waals surface area contributed by atoms with Gasteiger partial charge in [0, 0.05) is 36.6 Å². The second-order valence-electron chi connectivity index (χ2n) is 6.66. The van der Waals surface area contributed by atoms with E-state index in [4.69, 9.17) is 0 Å². The van der Waals surface area contributed by atoms with Crippen molar-refractivity contribution in [2.24, 2.45) is 0 Å². The fraction of sp³-hybridized carbons (Fsp3) is 0.391. The van der Waals surface area contributed by atoms with E-state index in [-0.39, 0.29) is 17.6 Å². The number of carbonyl (C=O) groups is 2. The van der Waals surface area contributed by atoms with Crippen molar-refractivity contribution in [3.8, 4) is 0 Å². The van der Waals surface area contributed by atoms with Gasteiger partial charge in [0.1, 0.15) is 0 Å². The second-order valence-corrected chi connectivity index (χ2v) is 6.66. The lowest BCUT2D eigenvalue weighted by Gasteiger charge is -2.26. The molecule has 1 amide bonds. The number of benzene rings is 2. The molecule has 0 saturated heterocycles. The van der Waals surface area contributed by atoms with Gasteiger partial charge in [0.25, 0.3) is 0 Å². The molecule has 0 bridgehead atoms. The number of hydrogen-bond donors (Lipinski definition) is 1. The van der Waals surface area contributed by atoms with E-state index < -0.39 is 0 Å². The van der Waals surface area contributed by atoms with Crippen molar-refractivity contribution in [2.75, 3.05) is 26.2 Å². The van der Waals surface area contributed by atoms with E-state index in [1.807, 2.05) is 61.5 Å². The van der Waals surface area contributed by atoms with E-state index in [1.54, 1.807) is 0 Å². The highest BCUT2D eigenvalue weighted by atomic mass is 16.1. The lowest BCUT2D eigenvalue weighted by molar-refractivity contribution is -0.120. The Morgan fingerprint density at radius 2 is 1.59 bits per heavy atom. The standard InChI is InChI=1S/C23H30N2O2/c1-4-22(26)24-16-21(17-25(5-2)6-3)19-13-10-14-20(15-19)23(27)18-11-8-7-9-12-18/h7-15,21H,4-6,16-17H2,1-3H3,(H,24,26)/t21-/m1/s1. The average molecular weight is 367 g/mol. The van der Waals surface area contributed by atoms with Crippen LogP contribution in [0.1, 0.15) is 54.6 Å². The summed E-state index contributed by atoms with van der Waals surface area (Å²) in [6.45, 7) is 9.47. The van der Waals surface area contributed by atoms with Crippen LogP contribution in [0.25, 0.3) is 0 Å². The van der Waals surface area contributed by atoms with Crippen LogP contribution in [-0.2, 0) is 4.79 Å². The summed E-state index contributed by atoms with van der Waals surface area (Å²) in [4.78, 5) is 26.9. The zero-order valence-corrected chi connectivity index (χ0v) is 16.6. The van der Waals surface area contributed by atoms with Gasteiger partial charge in [0.15, 0.2) is 5.78 Å². The van der Waals surface area contributed by atoms with Crippen molar-refractivity contribution in [3.63, 3.8) is 0 Å². The number of hydrogen-bond acceptors (Lipinski definition) is 3. The molecule has 2 aromatic carbocycles. The van der Waals surface area contributed by atoms with E-state index in [9.17, 15) is 9.59 Å². The van der Waals surface area contributed by atoms with Crippen LogP contribution in [0.4, 0.5) is 0 Å². The molecule has 0 aromatic heterocycles. The quantitative estimate of drug-likeness (QED) is 0.650. The van der Waals surface area contributed by atoms with Crippen molar-refractivity contribution in [1.29, 1.82) is 0 Å². The van der Waals surface area contributed by atoms with Crippen molar-refractivity contribution >= 4 is 11.7 Å². The number of rotatable bonds is 10. The summed E-state index contributed by atoms with van der Waals surface area (Å²) in [5.74, 6) is 0.219. The van der Waals surface area contributed by atoms with Crippen molar-refractivity contribution in [1.82, 2.24) is 10.2 Å². The SMILES string of the molecule is CCC(=O)NC[C@H](CN(CC)CC)c1cccc(C(=O)c2ccccc2)c1. The molecule has 144 valence electrons. The van der Waals surface area contributed by atoms with Crippen LogP contribution in [0.15, 0.2) is 54.6 Å². The lowest BCUT2D eigenvalue weighted by atomic mass is 9.94. The highest BCUT2D eigenvalue weighted by molar-refractivity contribution is 6.09. The number of amides is 1. The first-order chi connectivity index (χ1) is 13.1. The Kier molecular flexibility index (Phi) is 8.21. The van der Waals surface area contributed by atoms with Gasteiger partial charge in [-0.05, 0) is 24.7 Å². The van der Waals surface area contributed by atoms with Gasteiger partial charge < -0.3 is 10.2 Å². The van der Waals surface area contributed by atoms with Crippen LogP contribution < -0.4 is 5.32 Å². The molecule has 0 aliphatic heterocycles. The van der Waals surface area contributed by atoms with Gasteiger partial charge in [-0.2, -0.15) is 0 Å². The molecule has 2 aromatic rings. The molecule has 0 aliphatic rings. The predicted molar refractivity (Wildman–Crippen MR) is 110 cm³/mol. The Labute approximate surface area is 162 Å². The molecule has 0 fully saturated rings. The summed E-state index contributed by atoms with van der Waals surface area (Å²) in [5, 5.41) is 3.01. The third kappa shape index (κ3) is 6.04. The Morgan fingerprint density at radius 3 is 2.22 bits per heavy atom. The number of nitrogens with one attached hydrogen (secondary N) is 1. The minimum Gasteiger partial charge on any atom is -0.355 e. The first-order valence-electron chi connectivity index (χ1n) is 9.77. The molecule has 0 heterocycles. The van der Waals surface area contributed by atoms with Gasteiger partial charge in [0.05, 0.1) is 0 Å². The van der Waals surface area contributed by atoms with Crippen LogP contribution in [0.2, 0.25) is 0 Å². The molecule has 4 nitrogen and oxygen atoms in total. The highest BCUT2D eigenvalue weighted by Crippen LogP contribution is 2.20. The molecular formula is C23H30N2O2. The summed E-state index contributed by atoms with van der Waals surface area (Å²) in [5.41, 5.74) is 2.46. The minimum atomic E-state index is 0.0247. The maximum Gasteiger partial charge on any atom is 0.219 e. The second kappa shape index (κ2) is 10.6. The maximum absolute atomic E-state index is 12.8. The lowest BCUT2D eigenvalue weighted by Crippen LogP contribution is -2.35. The van der Waals surface area contributed by atoms with Gasteiger partial charge in [-0.15, -0.1) is 0 Å². The fourth-order valence-corrected chi connectivity index (χ4v) is 3.13. The molecule has 1 atom stereocenters. The van der Waals surface area contributed by atoms with Gasteiger partial charge in [-0.3, -0.25) is 9.59 Å². The van der Waals surface area contributed by atoms with E-state index in [1.165, 1.54) is 0 Å². The minimum absolute atomic E-state index is 0.0247. The third-order valence-electron chi connectivity index (χ3n) is 4.90. The van der Waals surface area contributed by atoms with Gasteiger partial charge in [0.2, 0.25) is 5.91 Å². The van der Waals surface area contributed by atoms with Crippen molar-refractivity contribution in [2.45, 2.75) is 33.1 Å². The molecule has 4 heteroatoms. The zero-order chi connectivity index (χ0) is 19.6. The third-order valence-corrected chi connectivity index (χ3v) is 4.90. The number of nitrogens with zero attached hydrogens (tertiary/aromatic N) is 1. The molecule has 0 radical (unpaired) electrons. The van der Waals surface area contributed by atoms with E-state index in [0.717, 1.165) is 25.2 Å². The Hall–Kier alpha value is -2.46. The Balaban J connectivity index is 2.25. The van der Waals surface area contributed by atoms with Crippen LogP contribution in [0, 0.1) is 0 Å². The maximum atomic E-state index is 12.8. The van der Waals surface area contributed by atoms with Gasteiger partial charge >= 0.3 is 0 Å². The summed E-state index contributed by atoms with van der Waals surface area (Å²) in [6.07, 6.45) is 0.477. The van der Waals surface area contributed by atoms with E-state index in [0.29, 0.717) is 24.1 Å². The normalized spacial score (nSPS) is 12.0.